The van der Waals surface area contributed by atoms with Gasteiger partial charge in [-0.25, -0.2) is 12.8 Å². The van der Waals surface area contributed by atoms with E-state index in [0.717, 1.165) is 0 Å². The Kier molecular flexibility index (Phi) is 4.41. The molecule has 0 radical (unpaired) electrons. The summed E-state index contributed by atoms with van der Waals surface area (Å²) in [5, 5.41) is 0.162. The summed E-state index contributed by atoms with van der Waals surface area (Å²) in [5.41, 5.74) is 0.984. The van der Waals surface area contributed by atoms with E-state index in [2.05, 4.69) is 4.99 Å². The molecule has 1 aromatic rings. The lowest BCUT2D eigenvalue weighted by molar-refractivity contribution is -0.115. The highest BCUT2D eigenvalue weighted by Crippen LogP contribution is 2.41. The standard InChI is InChI=1S/C14H14ClFN2O3S2/c1-8-2-3-9(4-10(8)16)18-11-6-23(20,21)7-12(11)22-14(18)17-13(19)5-15/h2-4,11-12H,5-7H2,1H3. The number of anilines is 1. The number of fused-ring (bicyclic) bond motifs is 1. The molecule has 124 valence electrons. The number of sulfone groups is 1. The lowest BCUT2D eigenvalue weighted by Crippen LogP contribution is -2.37. The molecule has 0 bridgehead atoms. The molecule has 5 nitrogen and oxygen atoms in total. The number of carbonyl (C=O) groups is 1. The Labute approximate surface area is 142 Å². The molecule has 0 aliphatic carbocycles. The first-order chi connectivity index (χ1) is 10.8. The van der Waals surface area contributed by atoms with Crippen molar-refractivity contribution < 1.29 is 17.6 Å². The van der Waals surface area contributed by atoms with Gasteiger partial charge in [-0.1, -0.05) is 17.8 Å². The predicted molar refractivity (Wildman–Crippen MR) is 90.6 cm³/mol. The summed E-state index contributed by atoms with van der Waals surface area (Å²) in [7, 11) is -3.14. The quantitative estimate of drug-likeness (QED) is 0.738. The van der Waals surface area contributed by atoms with Gasteiger partial charge in [0, 0.05) is 10.9 Å². The second-order valence-corrected chi connectivity index (χ2v) is 9.15. The largest absolute Gasteiger partial charge is 0.315 e. The number of rotatable bonds is 2. The first kappa shape index (κ1) is 16.7. The van der Waals surface area contributed by atoms with Crippen molar-refractivity contribution in [2.75, 3.05) is 22.3 Å². The molecule has 2 heterocycles. The molecule has 0 spiro atoms. The zero-order chi connectivity index (χ0) is 16.8. The number of aryl methyl sites for hydroxylation is 1. The lowest BCUT2D eigenvalue weighted by atomic mass is 10.1. The van der Waals surface area contributed by atoms with Crippen molar-refractivity contribution in [3.63, 3.8) is 0 Å². The molecule has 2 atom stereocenters. The maximum atomic E-state index is 13.9. The van der Waals surface area contributed by atoms with Gasteiger partial charge in [-0.05, 0) is 24.6 Å². The highest BCUT2D eigenvalue weighted by atomic mass is 35.5. The Hall–Kier alpha value is -1.12. The van der Waals surface area contributed by atoms with Gasteiger partial charge in [0.2, 0.25) is 0 Å². The smallest absolute Gasteiger partial charge is 0.262 e. The third-order valence-corrected chi connectivity index (χ3v) is 7.27. The van der Waals surface area contributed by atoms with E-state index < -0.39 is 15.7 Å². The highest BCUT2D eigenvalue weighted by Gasteiger charge is 2.49. The van der Waals surface area contributed by atoms with Gasteiger partial charge in [0.05, 0.1) is 17.5 Å². The minimum Gasteiger partial charge on any atom is -0.315 e. The second kappa shape index (κ2) is 6.07. The van der Waals surface area contributed by atoms with Gasteiger partial charge in [0.1, 0.15) is 11.7 Å². The third-order valence-electron chi connectivity index (χ3n) is 3.83. The maximum absolute atomic E-state index is 13.9. The van der Waals surface area contributed by atoms with Gasteiger partial charge in [0.25, 0.3) is 5.91 Å². The Morgan fingerprint density at radius 3 is 2.87 bits per heavy atom. The highest BCUT2D eigenvalue weighted by molar-refractivity contribution is 8.16. The van der Waals surface area contributed by atoms with Crippen LogP contribution in [0.25, 0.3) is 0 Å². The van der Waals surface area contributed by atoms with Crippen LogP contribution >= 0.6 is 23.4 Å². The molecular formula is C14H14ClFN2O3S2. The van der Waals surface area contributed by atoms with Crippen molar-refractivity contribution in [3.05, 3.63) is 29.6 Å². The summed E-state index contributed by atoms with van der Waals surface area (Å²) in [6.07, 6.45) is 0. The number of amidine groups is 1. The van der Waals surface area contributed by atoms with Gasteiger partial charge in [0.15, 0.2) is 15.0 Å². The molecule has 1 amide bonds. The van der Waals surface area contributed by atoms with Gasteiger partial charge in [-0.3, -0.25) is 4.79 Å². The molecule has 2 saturated heterocycles. The topological polar surface area (TPSA) is 66.8 Å². The number of nitrogens with zero attached hydrogens (tertiary/aromatic N) is 2. The van der Waals surface area contributed by atoms with E-state index in [-0.39, 0.29) is 34.5 Å². The summed E-state index contributed by atoms with van der Waals surface area (Å²) in [6, 6.07) is 4.30. The fraction of sp³-hybridized carbons (Fsp3) is 0.429. The summed E-state index contributed by atoms with van der Waals surface area (Å²) in [5.74, 6) is -1.15. The van der Waals surface area contributed by atoms with Crippen molar-refractivity contribution in [2.45, 2.75) is 18.2 Å². The molecule has 2 aliphatic heterocycles. The van der Waals surface area contributed by atoms with Crippen LogP contribution < -0.4 is 4.90 Å². The average molecular weight is 377 g/mol. The molecule has 23 heavy (non-hydrogen) atoms. The number of halogens is 2. The zero-order valence-electron chi connectivity index (χ0n) is 12.2. The number of hydrogen-bond acceptors (Lipinski definition) is 4. The molecule has 2 fully saturated rings. The maximum Gasteiger partial charge on any atom is 0.262 e. The summed E-state index contributed by atoms with van der Waals surface area (Å²) >= 11 is 6.73. The molecule has 2 aliphatic rings. The first-order valence-corrected chi connectivity index (χ1v) is 10.1. The van der Waals surface area contributed by atoms with Gasteiger partial charge < -0.3 is 4.90 Å². The third kappa shape index (κ3) is 3.25. The van der Waals surface area contributed by atoms with Crippen LogP contribution in [0.3, 0.4) is 0 Å². The molecule has 2 unspecified atom stereocenters. The van der Waals surface area contributed by atoms with E-state index in [0.29, 0.717) is 16.4 Å². The molecule has 0 aromatic heterocycles. The van der Waals surface area contributed by atoms with Gasteiger partial charge in [-0.15, -0.1) is 11.6 Å². The minimum atomic E-state index is -3.14. The van der Waals surface area contributed by atoms with Crippen molar-refractivity contribution in [1.29, 1.82) is 0 Å². The van der Waals surface area contributed by atoms with Crippen LogP contribution in [0.4, 0.5) is 10.1 Å². The number of thioether (sulfide) groups is 1. The normalized spacial score (nSPS) is 27.4. The molecular weight excluding hydrogens is 363 g/mol. The number of aliphatic imine (C=N–C) groups is 1. The van der Waals surface area contributed by atoms with Crippen molar-refractivity contribution >= 4 is 50.0 Å². The molecule has 3 rings (SSSR count). The van der Waals surface area contributed by atoms with Gasteiger partial charge in [-0.2, -0.15) is 4.99 Å². The van der Waals surface area contributed by atoms with Crippen LogP contribution in [0, 0.1) is 12.7 Å². The van der Waals surface area contributed by atoms with E-state index in [4.69, 9.17) is 11.6 Å². The van der Waals surface area contributed by atoms with Crippen LogP contribution in [-0.2, 0) is 14.6 Å². The zero-order valence-corrected chi connectivity index (χ0v) is 14.6. The van der Waals surface area contributed by atoms with E-state index in [9.17, 15) is 17.6 Å². The number of amides is 1. The van der Waals surface area contributed by atoms with E-state index in [1.165, 1.54) is 17.8 Å². The molecule has 1 aromatic carbocycles. The predicted octanol–water partition coefficient (Wildman–Crippen LogP) is 1.97. The molecule has 0 N–H and O–H groups in total. The monoisotopic (exact) mass is 376 g/mol. The fourth-order valence-electron chi connectivity index (χ4n) is 2.73. The number of carbonyl (C=O) groups excluding carboxylic acids is 1. The van der Waals surface area contributed by atoms with E-state index >= 15 is 0 Å². The van der Waals surface area contributed by atoms with Crippen LogP contribution in [0.15, 0.2) is 23.2 Å². The second-order valence-electron chi connectivity index (χ2n) is 5.53. The van der Waals surface area contributed by atoms with Crippen molar-refractivity contribution in [1.82, 2.24) is 0 Å². The summed E-state index contributed by atoms with van der Waals surface area (Å²) in [6.45, 7) is 1.65. The van der Waals surface area contributed by atoms with Crippen molar-refractivity contribution in [2.24, 2.45) is 4.99 Å². The Morgan fingerprint density at radius 2 is 2.22 bits per heavy atom. The minimum absolute atomic E-state index is 0.0290. The van der Waals surface area contributed by atoms with Crippen molar-refractivity contribution in [3.8, 4) is 0 Å². The summed E-state index contributed by atoms with van der Waals surface area (Å²) in [4.78, 5) is 17.2. The number of benzene rings is 1. The van der Waals surface area contributed by atoms with Crippen LogP contribution in [0.2, 0.25) is 0 Å². The van der Waals surface area contributed by atoms with Crippen LogP contribution in [0.5, 0.6) is 0 Å². The van der Waals surface area contributed by atoms with Gasteiger partial charge >= 0.3 is 0 Å². The van der Waals surface area contributed by atoms with Crippen LogP contribution in [-0.4, -0.2) is 48.2 Å². The number of alkyl halides is 1. The van der Waals surface area contributed by atoms with Crippen LogP contribution in [0.1, 0.15) is 5.56 Å². The Balaban J connectivity index is 2.04. The lowest BCUT2D eigenvalue weighted by Gasteiger charge is -2.24. The first-order valence-electron chi connectivity index (χ1n) is 6.90. The fourth-order valence-corrected chi connectivity index (χ4v) is 6.73. The summed E-state index contributed by atoms with van der Waals surface area (Å²) < 4.78 is 37.7. The van der Waals surface area contributed by atoms with E-state index in [1.807, 2.05) is 0 Å². The Bertz CT molecular complexity index is 797. The molecule has 9 heteroatoms. The Morgan fingerprint density at radius 1 is 1.48 bits per heavy atom. The number of hydrogen-bond donors (Lipinski definition) is 0. The SMILES string of the molecule is Cc1ccc(N2C(=NC(=O)CCl)SC3CS(=O)(=O)CC32)cc1F. The molecule has 0 saturated carbocycles. The average Bonchev–Trinajstić information content (AvgIpc) is 2.93. The van der Waals surface area contributed by atoms with E-state index in [1.54, 1.807) is 24.0 Å².